The van der Waals surface area contributed by atoms with Crippen LogP contribution in [0.4, 0.5) is 5.69 Å². The van der Waals surface area contributed by atoms with Crippen molar-refractivity contribution in [3.8, 4) is 5.75 Å². The van der Waals surface area contributed by atoms with Gasteiger partial charge >= 0.3 is 11.8 Å². The van der Waals surface area contributed by atoms with E-state index in [1.807, 2.05) is 43.3 Å². The third-order valence-electron chi connectivity index (χ3n) is 4.06. The fourth-order valence-electron chi connectivity index (χ4n) is 2.50. The molecule has 0 bridgehead atoms. The molecule has 0 saturated heterocycles. The molecule has 0 unspecified atom stereocenters. The maximum Gasteiger partial charge on any atom is 0.313 e. The first-order chi connectivity index (χ1) is 13.9. The Morgan fingerprint density at radius 2 is 1.72 bits per heavy atom. The highest BCUT2D eigenvalue weighted by Gasteiger charge is 2.17. The first-order valence-electron chi connectivity index (χ1n) is 9.14. The van der Waals surface area contributed by atoms with Gasteiger partial charge in [-0.3, -0.25) is 14.4 Å². The predicted octanol–water partition coefficient (Wildman–Crippen LogP) is 1.24. The number of rotatable bonds is 8. The van der Waals surface area contributed by atoms with Crippen LogP contribution >= 0.6 is 0 Å². The van der Waals surface area contributed by atoms with Gasteiger partial charge in [-0.15, -0.1) is 0 Å². The number of carbonyl (C=O) groups excluding carboxylic acids is 3. The Kier molecular flexibility index (Phi) is 8.17. The van der Waals surface area contributed by atoms with Crippen molar-refractivity contribution in [1.82, 2.24) is 15.5 Å². The van der Waals surface area contributed by atoms with Crippen molar-refractivity contribution in [2.75, 3.05) is 39.6 Å². The number of methoxy groups -OCH3 is 1. The first kappa shape index (κ1) is 21.9. The fraction of sp³-hybridized carbons (Fsp3) is 0.286. The minimum absolute atomic E-state index is 0.267. The SMILES string of the molecule is COc1cccc(CNC(=O)c2ccccc2NC(=O)C(=O)NCCN(C)C)c1. The summed E-state index contributed by atoms with van der Waals surface area (Å²) in [5, 5.41) is 7.84. The number of para-hydroxylation sites is 1. The first-order valence-corrected chi connectivity index (χ1v) is 9.14. The number of hydrogen-bond acceptors (Lipinski definition) is 5. The molecule has 8 heteroatoms. The summed E-state index contributed by atoms with van der Waals surface area (Å²) in [6, 6.07) is 13.9. The fourth-order valence-corrected chi connectivity index (χ4v) is 2.50. The number of hydrogen-bond donors (Lipinski definition) is 3. The van der Waals surface area contributed by atoms with E-state index in [9.17, 15) is 14.4 Å². The van der Waals surface area contributed by atoms with Gasteiger partial charge < -0.3 is 25.6 Å². The molecule has 2 rings (SSSR count). The smallest absolute Gasteiger partial charge is 0.313 e. The zero-order valence-corrected chi connectivity index (χ0v) is 16.8. The van der Waals surface area contributed by atoms with E-state index in [2.05, 4.69) is 16.0 Å². The average Bonchev–Trinajstić information content (AvgIpc) is 2.72. The number of likely N-dealkylation sites (N-methyl/N-ethyl adjacent to an activating group) is 1. The van der Waals surface area contributed by atoms with Crippen LogP contribution < -0.4 is 20.7 Å². The van der Waals surface area contributed by atoms with Gasteiger partial charge in [0.05, 0.1) is 18.4 Å². The molecular formula is C21H26N4O4. The molecule has 0 fully saturated rings. The van der Waals surface area contributed by atoms with Crippen molar-refractivity contribution in [2.45, 2.75) is 6.54 Å². The van der Waals surface area contributed by atoms with E-state index in [1.54, 1.807) is 31.4 Å². The van der Waals surface area contributed by atoms with Gasteiger partial charge in [-0.2, -0.15) is 0 Å². The van der Waals surface area contributed by atoms with Gasteiger partial charge in [0.15, 0.2) is 0 Å². The van der Waals surface area contributed by atoms with E-state index >= 15 is 0 Å². The van der Waals surface area contributed by atoms with E-state index < -0.39 is 11.8 Å². The maximum absolute atomic E-state index is 12.6. The normalized spacial score (nSPS) is 10.3. The molecule has 0 spiro atoms. The molecule has 0 aliphatic rings. The lowest BCUT2D eigenvalue weighted by Gasteiger charge is -2.13. The molecule has 0 radical (unpaired) electrons. The molecule has 3 N–H and O–H groups in total. The third kappa shape index (κ3) is 6.93. The summed E-state index contributed by atoms with van der Waals surface area (Å²) in [7, 11) is 5.31. The lowest BCUT2D eigenvalue weighted by atomic mass is 10.1. The van der Waals surface area contributed by atoms with Crippen molar-refractivity contribution >= 4 is 23.4 Å². The maximum atomic E-state index is 12.6. The number of amides is 3. The van der Waals surface area contributed by atoms with Crippen molar-refractivity contribution in [3.05, 3.63) is 59.7 Å². The number of anilines is 1. The number of nitrogens with zero attached hydrogens (tertiary/aromatic N) is 1. The van der Waals surface area contributed by atoms with Gasteiger partial charge in [0.2, 0.25) is 0 Å². The summed E-state index contributed by atoms with van der Waals surface area (Å²) in [6.07, 6.45) is 0. The zero-order chi connectivity index (χ0) is 21.2. The number of benzene rings is 2. The van der Waals surface area contributed by atoms with E-state index in [4.69, 9.17) is 4.74 Å². The van der Waals surface area contributed by atoms with Crippen molar-refractivity contribution in [3.63, 3.8) is 0 Å². The summed E-state index contributed by atoms with van der Waals surface area (Å²) < 4.78 is 5.17. The Morgan fingerprint density at radius 3 is 2.45 bits per heavy atom. The summed E-state index contributed by atoms with van der Waals surface area (Å²) >= 11 is 0. The summed E-state index contributed by atoms with van der Waals surface area (Å²) in [5.74, 6) is -1.24. The van der Waals surface area contributed by atoms with E-state index in [0.717, 1.165) is 5.56 Å². The van der Waals surface area contributed by atoms with Crippen LogP contribution in [-0.2, 0) is 16.1 Å². The molecule has 2 aromatic rings. The van der Waals surface area contributed by atoms with Crippen LogP contribution in [0.15, 0.2) is 48.5 Å². The van der Waals surface area contributed by atoms with Crippen LogP contribution in [0.1, 0.15) is 15.9 Å². The molecule has 0 heterocycles. The Morgan fingerprint density at radius 1 is 0.966 bits per heavy atom. The molecule has 0 atom stereocenters. The summed E-state index contributed by atoms with van der Waals surface area (Å²) in [6.45, 7) is 1.26. The van der Waals surface area contributed by atoms with Gasteiger partial charge in [0.25, 0.3) is 5.91 Å². The lowest BCUT2D eigenvalue weighted by molar-refractivity contribution is -0.136. The Bertz CT molecular complexity index is 867. The van der Waals surface area contributed by atoms with Crippen LogP contribution in [0.5, 0.6) is 5.75 Å². The molecule has 154 valence electrons. The third-order valence-corrected chi connectivity index (χ3v) is 4.06. The van der Waals surface area contributed by atoms with Gasteiger partial charge in [-0.1, -0.05) is 24.3 Å². The Hall–Kier alpha value is -3.39. The van der Waals surface area contributed by atoms with E-state index in [0.29, 0.717) is 25.4 Å². The molecule has 0 saturated carbocycles. The number of ether oxygens (including phenoxy) is 1. The molecule has 0 aliphatic carbocycles. The standard InChI is InChI=1S/C21H26N4O4/c1-25(2)12-11-22-20(27)21(28)24-18-10-5-4-9-17(18)19(26)23-14-15-7-6-8-16(13-15)29-3/h4-10,13H,11-12,14H2,1-3H3,(H,22,27)(H,23,26)(H,24,28). The van der Waals surface area contributed by atoms with Gasteiger partial charge in [-0.05, 0) is 43.9 Å². The predicted molar refractivity (Wildman–Crippen MR) is 111 cm³/mol. The molecule has 29 heavy (non-hydrogen) atoms. The number of carbonyl (C=O) groups is 3. The van der Waals surface area contributed by atoms with Gasteiger partial charge in [-0.25, -0.2) is 0 Å². The Balaban J connectivity index is 1.98. The summed E-state index contributed by atoms with van der Waals surface area (Å²) in [5.41, 5.74) is 1.41. The van der Waals surface area contributed by atoms with E-state index in [-0.39, 0.29) is 17.2 Å². The highest BCUT2D eigenvalue weighted by Crippen LogP contribution is 2.16. The van der Waals surface area contributed by atoms with Crippen molar-refractivity contribution < 1.29 is 19.1 Å². The molecule has 2 aromatic carbocycles. The topological polar surface area (TPSA) is 99.8 Å². The van der Waals surface area contributed by atoms with Crippen LogP contribution in [0.25, 0.3) is 0 Å². The highest BCUT2D eigenvalue weighted by atomic mass is 16.5. The largest absolute Gasteiger partial charge is 0.497 e. The molecule has 0 aliphatic heterocycles. The highest BCUT2D eigenvalue weighted by molar-refractivity contribution is 6.40. The lowest BCUT2D eigenvalue weighted by Crippen LogP contribution is -2.39. The van der Waals surface area contributed by atoms with Crippen LogP contribution in [0, 0.1) is 0 Å². The second-order valence-corrected chi connectivity index (χ2v) is 6.59. The van der Waals surface area contributed by atoms with Crippen molar-refractivity contribution in [2.24, 2.45) is 0 Å². The molecular weight excluding hydrogens is 372 g/mol. The number of nitrogens with one attached hydrogen (secondary N) is 3. The average molecular weight is 398 g/mol. The van der Waals surface area contributed by atoms with E-state index in [1.165, 1.54) is 0 Å². The van der Waals surface area contributed by atoms with Crippen LogP contribution in [0.3, 0.4) is 0 Å². The van der Waals surface area contributed by atoms with Crippen LogP contribution in [0.2, 0.25) is 0 Å². The van der Waals surface area contributed by atoms with Gasteiger partial charge in [0, 0.05) is 19.6 Å². The van der Waals surface area contributed by atoms with Crippen molar-refractivity contribution in [1.29, 1.82) is 0 Å². The summed E-state index contributed by atoms with van der Waals surface area (Å²) in [4.78, 5) is 38.5. The quantitative estimate of drug-likeness (QED) is 0.581. The monoisotopic (exact) mass is 398 g/mol. The second-order valence-electron chi connectivity index (χ2n) is 6.59. The molecule has 3 amide bonds. The van der Waals surface area contributed by atoms with Gasteiger partial charge in [0.1, 0.15) is 5.75 Å². The minimum Gasteiger partial charge on any atom is -0.497 e. The Labute approximate surface area is 170 Å². The molecule has 8 nitrogen and oxygen atoms in total. The minimum atomic E-state index is -0.822. The van der Waals surface area contributed by atoms with Crippen LogP contribution in [-0.4, -0.2) is 56.9 Å². The second kappa shape index (κ2) is 10.8. The molecule has 0 aromatic heterocycles. The zero-order valence-electron chi connectivity index (χ0n) is 16.8.